The fourth-order valence-corrected chi connectivity index (χ4v) is 4.05. The molecule has 0 unspecified atom stereocenters. The number of hydrogen-bond donors (Lipinski definition) is 1. The molecule has 1 amide bonds. The van der Waals surface area contributed by atoms with Crippen molar-refractivity contribution in [2.75, 3.05) is 5.32 Å². The molecule has 0 aliphatic heterocycles. The fraction of sp³-hybridized carbons (Fsp3) is 0.200. The van der Waals surface area contributed by atoms with Crippen LogP contribution in [0.4, 0.5) is 10.1 Å². The van der Waals surface area contributed by atoms with Crippen molar-refractivity contribution in [3.63, 3.8) is 0 Å². The zero-order chi connectivity index (χ0) is 23.0. The summed E-state index contributed by atoms with van der Waals surface area (Å²) in [7, 11) is 0. The standard InChI is InChI=1S/C25H20FN3O3/c1-25(2)11-18-19(21(30)12-25)14-29(17-9-7-16(26)8-10-17)24(32)22(18)23(31)28-20-6-4-3-5-15(20)13-27/h3-10,14H,11-12H2,1-2H3,(H,28,31). The summed E-state index contributed by atoms with van der Waals surface area (Å²) in [5.74, 6) is -1.34. The van der Waals surface area contributed by atoms with Crippen molar-refractivity contribution in [1.82, 2.24) is 4.57 Å². The maximum Gasteiger partial charge on any atom is 0.268 e. The zero-order valence-electron chi connectivity index (χ0n) is 17.6. The normalized spacial score (nSPS) is 14.4. The summed E-state index contributed by atoms with van der Waals surface area (Å²) in [6, 6.07) is 13.7. The van der Waals surface area contributed by atoms with Crippen molar-refractivity contribution >= 4 is 17.4 Å². The Labute approximate surface area is 183 Å². The third-order valence-corrected chi connectivity index (χ3v) is 5.54. The topological polar surface area (TPSA) is 92.0 Å². The second kappa shape index (κ2) is 7.89. The van der Waals surface area contributed by atoms with Crippen LogP contribution in [-0.2, 0) is 6.42 Å². The van der Waals surface area contributed by atoms with Crippen LogP contribution in [0.3, 0.4) is 0 Å². The predicted molar refractivity (Wildman–Crippen MR) is 118 cm³/mol. The van der Waals surface area contributed by atoms with Crippen LogP contribution in [0.5, 0.6) is 0 Å². The average Bonchev–Trinajstić information content (AvgIpc) is 2.74. The van der Waals surface area contributed by atoms with Crippen LogP contribution in [0, 0.1) is 22.6 Å². The van der Waals surface area contributed by atoms with E-state index >= 15 is 0 Å². The number of nitrogens with zero attached hydrogens (tertiary/aromatic N) is 2. The molecule has 0 saturated heterocycles. The van der Waals surface area contributed by atoms with Crippen molar-refractivity contribution in [2.24, 2.45) is 5.41 Å². The quantitative estimate of drug-likeness (QED) is 0.674. The van der Waals surface area contributed by atoms with Gasteiger partial charge in [-0.05, 0) is 53.8 Å². The molecule has 0 atom stereocenters. The molecule has 7 heteroatoms. The van der Waals surface area contributed by atoms with Gasteiger partial charge < -0.3 is 5.32 Å². The second-order valence-corrected chi connectivity index (χ2v) is 8.60. The molecule has 0 saturated carbocycles. The number of anilines is 1. The highest BCUT2D eigenvalue weighted by Gasteiger charge is 2.36. The Bertz CT molecular complexity index is 1350. The molecule has 0 spiro atoms. The molecule has 4 rings (SSSR count). The Morgan fingerprint density at radius 1 is 1.09 bits per heavy atom. The summed E-state index contributed by atoms with van der Waals surface area (Å²) >= 11 is 0. The first kappa shape index (κ1) is 21.2. The number of Topliss-reactive ketones (excluding diaryl/α,β-unsaturated/α-hetero) is 1. The lowest BCUT2D eigenvalue weighted by Crippen LogP contribution is -2.37. The predicted octanol–water partition coefficient (Wildman–Crippen LogP) is 4.26. The number of carbonyl (C=O) groups excluding carboxylic acids is 2. The maximum atomic E-state index is 13.5. The van der Waals surface area contributed by atoms with Crippen LogP contribution >= 0.6 is 0 Å². The first-order valence-corrected chi connectivity index (χ1v) is 10.1. The van der Waals surface area contributed by atoms with E-state index in [9.17, 15) is 24.0 Å². The number of carbonyl (C=O) groups is 2. The third kappa shape index (κ3) is 3.83. The van der Waals surface area contributed by atoms with E-state index in [0.29, 0.717) is 23.2 Å². The van der Waals surface area contributed by atoms with Gasteiger partial charge in [-0.3, -0.25) is 19.0 Å². The lowest BCUT2D eigenvalue weighted by atomic mass is 9.73. The summed E-state index contributed by atoms with van der Waals surface area (Å²) in [6.45, 7) is 3.82. The molecule has 2 aromatic carbocycles. The average molecular weight is 429 g/mol. The Hall–Kier alpha value is -4.05. The summed E-state index contributed by atoms with van der Waals surface area (Å²) in [4.78, 5) is 39.7. The number of fused-ring (bicyclic) bond motifs is 1. The number of ketones is 1. The molecular weight excluding hydrogens is 409 g/mol. The van der Waals surface area contributed by atoms with Gasteiger partial charge in [-0.15, -0.1) is 0 Å². The molecule has 160 valence electrons. The molecular formula is C25H20FN3O3. The van der Waals surface area contributed by atoms with Crippen LogP contribution in [0.1, 0.15) is 52.1 Å². The van der Waals surface area contributed by atoms with Gasteiger partial charge in [0.15, 0.2) is 5.78 Å². The summed E-state index contributed by atoms with van der Waals surface area (Å²) in [5, 5.41) is 12.0. The highest BCUT2D eigenvalue weighted by Crippen LogP contribution is 2.36. The Balaban J connectivity index is 1.92. The molecule has 1 aliphatic carbocycles. The van der Waals surface area contributed by atoms with Gasteiger partial charge in [-0.2, -0.15) is 5.26 Å². The van der Waals surface area contributed by atoms with Gasteiger partial charge in [0.1, 0.15) is 17.4 Å². The van der Waals surface area contributed by atoms with Gasteiger partial charge >= 0.3 is 0 Å². The molecule has 1 aliphatic rings. The molecule has 1 aromatic heterocycles. The van der Waals surface area contributed by atoms with Gasteiger partial charge in [0.25, 0.3) is 11.5 Å². The molecule has 3 aromatic rings. The van der Waals surface area contributed by atoms with Gasteiger partial charge in [0, 0.05) is 23.9 Å². The minimum Gasteiger partial charge on any atom is -0.321 e. The van der Waals surface area contributed by atoms with Crippen molar-refractivity contribution in [3.05, 3.63) is 93.2 Å². The number of pyridine rings is 1. The van der Waals surface area contributed by atoms with Crippen molar-refractivity contribution in [2.45, 2.75) is 26.7 Å². The third-order valence-electron chi connectivity index (χ3n) is 5.54. The molecule has 0 radical (unpaired) electrons. The highest BCUT2D eigenvalue weighted by molar-refractivity contribution is 6.09. The zero-order valence-corrected chi connectivity index (χ0v) is 17.6. The first-order chi connectivity index (χ1) is 15.2. The van der Waals surface area contributed by atoms with Crippen LogP contribution in [0.15, 0.2) is 59.5 Å². The minimum atomic E-state index is -0.698. The van der Waals surface area contributed by atoms with E-state index in [2.05, 4.69) is 5.32 Å². The Kier molecular flexibility index (Phi) is 5.23. The number of rotatable bonds is 3. The maximum absolute atomic E-state index is 13.5. The first-order valence-electron chi connectivity index (χ1n) is 10.1. The largest absolute Gasteiger partial charge is 0.321 e. The second-order valence-electron chi connectivity index (χ2n) is 8.60. The number of nitrogens with one attached hydrogen (secondary N) is 1. The number of amides is 1. The number of hydrogen-bond acceptors (Lipinski definition) is 4. The molecule has 0 bridgehead atoms. The molecule has 1 heterocycles. The molecule has 1 N–H and O–H groups in total. The van der Waals surface area contributed by atoms with Crippen molar-refractivity contribution in [1.29, 1.82) is 5.26 Å². The van der Waals surface area contributed by atoms with E-state index in [1.165, 1.54) is 35.0 Å². The van der Waals surface area contributed by atoms with E-state index in [0.717, 1.165) is 0 Å². The number of halogens is 1. The summed E-state index contributed by atoms with van der Waals surface area (Å²) < 4.78 is 14.6. The smallest absolute Gasteiger partial charge is 0.268 e. The van der Waals surface area contributed by atoms with E-state index < -0.39 is 22.7 Å². The lowest BCUT2D eigenvalue weighted by Gasteiger charge is -2.31. The highest BCUT2D eigenvalue weighted by atomic mass is 19.1. The van der Waals surface area contributed by atoms with Gasteiger partial charge in [-0.25, -0.2) is 4.39 Å². The fourth-order valence-electron chi connectivity index (χ4n) is 4.05. The van der Waals surface area contributed by atoms with E-state index in [4.69, 9.17) is 0 Å². The SMILES string of the molecule is CC1(C)CC(=O)c2cn(-c3ccc(F)cc3)c(=O)c(C(=O)Nc3ccccc3C#N)c2C1. The molecule has 0 fully saturated rings. The number of nitriles is 1. The van der Waals surface area contributed by atoms with Crippen LogP contribution in [-0.4, -0.2) is 16.3 Å². The van der Waals surface area contributed by atoms with E-state index in [1.54, 1.807) is 24.3 Å². The summed E-state index contributed by atoms with van der Waals surface area (Å²) in [5.41, 5.74) is 0.357. The lowest BCUT2D eigenvalue weighted by molar-refractivity contribution is 0.0910. The Morgan fingerprint density at radius 3 is 2.47 bits per heavy atom. The minimum absolute atomic E-state index is 0.152. The summed E-state index contributed by atoms with van der Waals surface area (Å²) in [6.07, 6.45) is 2.08. The monoisotopic (exact) mass is 429 g/mol. The number of benzene rings is 2. The van der Waals surface area contributed by atoms with Crippen molar-refractivity contribution < 1.29 is 14.0 Å². The number of para-hydroxylation sites is 1. The van der Waals surface area contributed by atoms with Gasteiger partial charge in [-0.1, -0.05) is 26.0 Å². The van der Waals surface area contributed by atoms with Crippen molar-refractivity contribution in [3.8, 4) is 11.8 Å². The van der Waals surface area contributed by atoms with Gasteiger partial charge in [0.05, 0.1) is 11.3 Å². The van der Waals surface area contributed by atoms with Crippen LogP contribution in [0.2, 0.25) is 0 Å². The molecule has 32 heavy (non-hydrogen) atoms. The Morgan fingerprint density at radius 2 is 1.78 bits per heavy atom. The van der Waals surface area contributed by atoms with Crippen LogP contribution < -0.4 is 10.9 Å². The van der Waals surface area contributed by atoms with Crippen LogP contribution in [0.25, 0.3) is 5.69 Å². The van der Waals surface area contributed by atoms with Gasteiger partial charge in [0.2, 0.25) is 0 Å². The number of aromatic nitrogens is 1. The van der Waals surface area contributed by atoms with E-state index in [1.807, 2.05) is 19.9 Å². The molecule has 6 nitrogen and oxygen atoms in total. The van der Waals surface area contributed by atoms with E-state index in [-0.39, 0.29) is 29.0 Å².